The van der Waals surface area contributed by atoms with E-state index < -0.39 is 5.97 Å². The molecule has 6 N–H and O–H groups in total. The van der Waals surface area contributed by atoms with Crippen LogP contribution in [0.1, 0.15) is 49.7 Å². The van der Waals surface area contributed by atoms with E-state index in [-0.39, 0.29) is 29.8 Å². The van der Waals surface area contributed by atoms with Crippen LogP contribution in [-0.2, 0) is 9.59 Å². The second kappa shape index (κ2) is 20.2. The van der Waals surface area contributed by atoms with Gasteiger partial charge < -0.3 is 36.6 Å². The molecule has 53 heavy (non-hydrogen) atoms. The first-order chi connectivity index (χ1) is 25.4. The average molecular weight is 855 g/mol. The molecule has 2 heterocycles. The van der Waals surface area contributed by atoms with Gasteiger partial charge in [-0.2, -0.15) is 9.97 Å². The van der Waals surface area contributed by atoms with Crippen LogP contribution in [-0.4, -0.2) is 82.1 Å². The van der Waals surface area contributed by atoms with Crippen LogP contribution in [0.4, 0.5) is 34.9 Å². The fourth-order valence-corrected chi connectivity index (χ4v) is 6.74. The Hall–Kier alpha value is -4.34. The van der Waals surface area contributed by atoms with E-state index in [1.54, 1.807) is 17.3 Å². The summed E-state index contributed by atoms with van der Waals surface area (Å²) < 4.78 is 1.50. The zero-order valence-electron chi connectivity index (χ0n) is 31.1. The summed E-state index contributed by atoms with van der Waals surface area (Å²) in [5, 5.41) is 25.1. The van der Waals surface area contributed by atoms with Crippen LogP contribution in [0.3, 0.4) is 0 Å². The molecule has 1 amide bonds. The van der Waals surface area contributed by atoms with Crippen molar-refractivity contribution < 1.29 is 14.7 Å². The maximum Gasteiger partial charge on any atom is 0.308 e. The van der Waals surface area contributed by atoms with Crippen LogP contribution < -0.4 is 26.6 Å². The van der Waals surface area contributed by atoms with Crippen molar-refractivity contribution >= 4 is 78.6 Å². The highest BCUT2D eigenvalue weighted by molar-refractivity contribution is 9.11. The summed E-state index contributed by atoms with van der Waals surface area (Å²) in [4.78, 5) is 43.0. The Kier molecular flexibility index (Phi) is 15.8. The number of aliphatic carboxylic acids is 1. The molecular formula is C38H50Br2N10O3. The fraction of sp³-hybridized carbons (Fsp3) is 0.421. The second-order valence-corrected chi connectivity index (χ2v) is 15.1. The van der Waals surface area contributed by atoms with Crippen molar-refractivity contribution in [3.05, 3.63) is 81.0 Å². The Balaban J connectivity index is 0.000000221. The molecule has 6 rings (SSSR count). The van der Waals surface area contributed by atoms with Crippen LogP contribution in [0, 0.1) is 25.7 Å². The van der Waals surface area contributed by atoms with Gasteiger partial charge in [-0.25, -0.2) is 9.97 Å². The lowest BCUT2D eigenvalue weighted by Gasteiger charge is -2.24. The lowest BCUT2D eigenvalue weighted by atomic mass is 10.0. The zero-order chi connectivity index (χ0) is 38.5. The van der Waals surface area contributed by atoms with E-state index in [0.29, 0.717) is 34.4 Å². The molecular weight excluding hydrogens is 804 g/mol. The molecule has 13 nitrogen and oxygen atoms in total. The van der Waals surface area contributed by atoms with Crippen molar-refractivity contribution in [2.45, 2.75) is 64.5 Å². The minimum Gasteiger partial charge on any atom is -0.481 e. The van der Waals surface area contributed by atoms with Gasteiger partial charge in [-0.1, -0.05) is 48.2 Å². The third kappa shape index (κ3) is 12.4. The van der Waals surface area contributed by atoms with Crippen molar-refractivity contribution in [1.82, 2.24) is 30.2 Å². The molecule has 2 saturated carbocycles. The van der Waals surface area contributed by atoms with E-state index in [9.17, 15) is 14.7 Å². The minimum absolute atomic E-state index is 0.0135. The Morgan fingerprint density at radius 3 is 1.49 bits per heavy atom. The normalized spacial score (nSPS) is 18.8. The predicted octanol–water partition coefficient (Wildman–Crippen LogP) is 7.75. The number of carboxylic acid groups (broad SMARTS) is 1. The van der Waals surface area contributed by atoms with Crippen molar-refractivity contribution in [1.29, 1.82) is 0 Å². The first-order valence-corrected chi connectivity index (χ1v) is 19.2. The van der Waals surface area contributed by atoms with Crippen molar-refractivity contribution in [2.75, 3.05) is 49.5 Å². The molecule has 0 bridgehead atoms. The van der Waals surface area contributed by atoms with Gasteiger partial charge >= 0.3 is 5.97 Å². The van der Waals surface area contributed by atoms with Gasteiger partial charge in [0.25, 0.3) is 0 Å². The Bertz CT molecular complexity index is 1790. The topological polar surface area (TPSA) is 169 Å². The van der Waals surface area contributed by atoms with Crippen molar-refractivity contribution in [2.24, 2.45) is 11.8 Å². The third-order valence-electron chi connectivity index (χ3n) is 8.85. The maximum atomic E-state index is 12.4. The van der Waals surface area contributed by atoms with Gasteiger partial charge in [0.15, 0.2) is 0 Å². The van der Waals surface area contributed by atoms with Gasteiger partial charge in [0.1, 0.15) is 11.6 Å². The van der Waals surface area contributed by atoms with Crippen LogP contribution >= 0.6 is 31.9 Å². The van der Waals surface area contributed by atoms with Crippen LogP contribution in [0.5, 0.6) is 0 Å². The summed E-state index contributed by atoms with van der Waals surface area (Å²) in [6, 6.07) is 16.0. The van der Waals surface area contributed by atoms with Gasteiger partial charge in [-0.3, -0.25) is 9.59 Å². The largest absolute Gasteiger partial charge is 0.481 e. The molecule has 2 aromatic carbocycles. The number of anilines is 6. The third-order valence-corrected chi connectivity index (χ3v) is 10.0. The number of carboxylic acids is 1. The Morgan fingerprint density at radius 1 is 0.698 bits per heavy atom. The summed E-state index contributed by atoms with van der Waals surface area (Å²) in [7, 11) is 7.36. The molecule has 0 spiro atoms. The smallest absolute Gasteiger partial charge is 0.308 e. The number of carbonyl (C=O) groups excluding carboxylic acids is 1. The zero-order valence-corrected chi connectivity index (χ0v) is 34.3. The number of nitrogens with zero attached hydrogens (tertiary/aromatic N) is 5. The number of aromatic nitrogens is 4. The molecule has 0 unspecified atom stereocenters. The first kappa shape index (κ1) is 41.4. The van der Waals surface area contributed by atoms with E-state index in [0.717, 1.165) is 48.0 Å². The summed E-state index contributed by atoms with van der Waals surface area (Å²) >= 11 is 6.93. The standard InChI is InChI=1S/C19H24BrN5O.C17H19BrN4O2.C2H7N/c1-12-7-9-13(10-8-12)22-19-21-11-15(20)17(24-19)23-16-6-4-5-14(16)18(26)25(2)3;1-10-5-7-11(8-6-10)20-17-19-9-13(18)15(22-17)21-14-4-2-3-12(14)16(23)24;1-3-2/h7-11,14,16H,4-6H2,1-3H3,(H2,21,22,23,24);5-9,12,14H,2-4H2,1H3,(H,23,24)(H2,19,20,21,22);3H,1-2H3/t14-,16+;12-,14+;/m00./s1. The van der Waals surface area contributed by atoms with Crippen molar-refractivity contribution in [3.63, 3.8) is 0 Å². The average Bonchev–Trinajstić information content (AvgIpc) is 3.80. The number of benzene rings is 2. The molecule has 4 aromatic rings. The quantitative estimate of drug-likeness (QED) is 0.0919. The summed E-state index contributed by atoms with van der Waals surface area (Å²) in [5.41, 5.74) is 4.22. The summed E-state index contributed by atoms with van der Waals surface area (Å²) in [5.74, 6) is 1.33. The van der Waals surface area contributed by atoms with Crippen LogP contribution in [0.2, 0.25) is 0 Å². The van der Waals surface area contributed by atoms with E-state index in [1.165, 1.54) is 11.1 Å². The maximum absolute atomic E-state index is 12.4. The number of hydrogen-bond acceptors (Lipinski definition) is 11. The van der Waals surface area contributed by atoms with Crippen molar-refractivity contribution in [3.8, 4) is 0 Å². The summed E-state index contributed by atoms with van der Waals surface area (Å²) in [6.07, 6.45) is 8.73. The summed E-state index contributed by atoms with van der Waals surface area (Å²) in [6.45, 7) is 4.08. The number of rotatable bonds is 10. The fourth-order valence-electron chi connectivity index (χ4n) is 6.13. The van der Waals surface area contributed by atoms with Gasteiger partial charge in [0.2, 0.25) is 17.8 Å². The van der Waals surface area contributed by atoms with Gasteiger partial charge in [-0.15, -0.1) is 0 Å². The number of halogens is 2. The molecule has 2 aliphatic carbocycles. The van der Waals surface area contributed by atoms with Gasteiger partial charge in [-0.05, 0) is 110 Å². The Morgan fingerprint density at radius 2 is 1.09 bits per heavy atom. The van der Waals surface area contributed by atoms with E-state index in [4.69, 9.17) is 0 Å². The highest BCUT2D eigenvalue weighted by Gasteiger charge is 2.35. The highest BCUT2D eigenvalue weighted by atomic mass is 79.9. The first-order valence-electron chi connectivity index (χ1n) is 17.7. The number of aryl methyl sites for hydroxylation is 2. The van der Waals surface area contributed by atoms with E-state index >= 15 is 0 Å². The lowest BCUT2D eigenvalue weighted by molar-refractivity contribution is -0.141. The van der Waals surface area contributed by atoms with Gasteiger partial charge in [0.05, 0.1) is 20.8 Å². The predicted molar refractivity (Wildman–Crippen MR) is 219 cm³/mol. The molecule has 2 aromatic heterocycles. The van der Waals surface area contributed by atoms with E-state index in [2.05, 4.69) is 85.3 Å². The molecule has 0 saturated heterocycles. The molecule has 15 heteroatoms. The number of hydrogen-bond donors (Lipinski definition) is 6. The molecule has 2 fully saturated rings. The molecule has 2 aliphatic rings. The monoisotopic (exact) mass is 852 g/mol. The molecule has 284 valence electrons. The Labute approximate surface area is 328 Å². The van der Waals surface area contributed by atoms with Crippen LogP contribution in [0.15, 0.2) is 69.9 Å². The number of amides is 1. The van der Waals surface area contributed by atoms with Gasteiger partial charge in [0, 0.05) is 49.9 Å². The lowest BCUT2D eigenvalue weighted by Crippen LogP contribution is -2.37. The second-order valence-electron chi connectivity index (χ2n) is 13.4. The highest BCUT2D eigenvalue weighted by Crippen LogP contribution is 2.33. The SMILES string of the molecule is CNC.Cc1ccc(Nc2ncc(Br)c(N[C@@H]3CCC[C@@H]3C(=O)N(C)C)n2)cc1.Cc1ccc(Nc2ncc(Br)c(N[C@@H]3CCC[C@@H]3C(=O)O)n2)cc1. The minimum atomic E-state index is -0.756. The number of carbonyl (C=O) groups is 2. The number of nitrogens with one attached hydrogen (secondary N) is 5. The molecule has 0 aliphatic heterocycles. The molecule has 0 radical (unpaired) electrons. The van der Waals surface area contributed by atoms with E-state index in [1.807, 2.05) is 83.6 Å². The van der Waals surface area contributed by atoms with Crippen LogP contribution in [0.25, 0.3) is 0 Å². The molecule has 4 atom stereocenters.